The Labute approximate surface area is 891 Å². The van der Waals surface area contributed by atoms with E-state index in [1.165, 1.54) is 0 Å². The summed E-state index contributed by atoms with van der Waals surface area (Å²) in [6.45, 7) is 52.2. The van der Waals surface area contributed by atoms with Crippen LogP contribution in [0.5, 0.6) is 11.5 Å². The van der Waals surface area contributed by atoms with Gasteiger partial charge in [-0.25, -0.2) is 29.3 Å². The van der Waals surface area contributed by atoms with Crippen molar-refractivity contribution in [3.8, 4) is 79.0 Å². The van der Waals surface area contributed by atoms with Gasteiger partial charge in [0.15, 0.2) is 11.6 Å². The van der Waals surface area contributed by atoms with E-state index in [1.54, 1.807) is 12.7 Å². The molecule has 0 atom stereocenters. The van der Waals surface area contributed by atoms with Crippen LogP contribution >= 0.6 is 0 Å². The summed E-state index contributed by atoms with van der Waals surface area (Å²) in [7, 11) is 3.87. The van der Waals surface area contributed by atoms with Crippen LogP contribution in [0.25, 0.3) is 67.5 Å². The van der Waals surface area contributed by atoms with Crippen molar-refractivity contribution in [3.05, 3.63) is 382 Å². The van der Waals surface area contributed by atoms with Gasteiger partial charge in [0.05, 0.1) is 94.8 Å². The van der Waals surface area contributed by atoms with E-state index in [9.17, 15) is 10.2 Å². The average Bonchev–Trinajstić information content (AvgIpc) is 1.69. The predicted molar refractivity (Wildman–Crippen MR) is 542 cm³/mol. The van der Waals surface area contributed by atoms with Gasteiger partial charge in [-0.15, -0.1) is 33.6 Å². The van der Waals surface area contributed by atoms with Gasteiger partial charge >= 0.3 is 63.2 Å². The molecular formula is C116H122N20O2Pt4. The third-order valence-corrected chi connectivity index (χ3v) is 30.1. The predicted octanol–water partition coefficient (Wildman–Crippen LogP) is 22.6. The number of rotatable bonds is 0. The van der Waals surface area contributed by atoms with E-state index in [4.69, 9.17) is 60.5 Å². The number of hydrogen-bond acceptors (Lipinski definition) is 12. The Balaban J connectivity index is 0.000000142. The molecular weight excluding hydrogens is 2490 g/mol. The molecule has 0 amide bonds. The minimum atomic E-state index is -0.557. The summed E-state index contributed by atoms with van der Waals surface area (Å²) in [5, 5.41) is 53.2. The molecule has 0 unspecified atom stereocenters. The van der Waals surface area contributed by atoms with Crippen molar-refractivity contribution in [2.75, 3.05) is 0 Å². The molecule has 4 aliphatic heterocycles. The first-order valence-electron chi connectivity index (χ1n) is 47.5. The number of hydrogen-bond donors (Lipinski definition) is 2. The van der Waals surface area contributed by atoms with E-state index in [0.29, 0.717) is 45.6 Å². The van der Waals surface area contributed by atoms with Crippen LogP contribution in [0, 0.1) is 24.3 Å². The molecule has 2 N–H and O–H groups in total. The maximum Gasteiger partial charge on any atom is 2.00 e. The first kappa shape index (κ1) is 105. The van der Waals surface area contributed by atoms with Crippen molar-refractivity contribution in [2.24, 2.45) is 14.1 Å². The summed E-state index contributed by atoms with van der Waals surface area (Å²) >= 11 is 0. The number of imidazole rings is 2. The molecule has 0 aliphatic carbocycles. The van der Waals surface area contributed by atoms with Crippen LogP contribution < -0.4 is 9.97 Å². The summed E-state index contributed by atoms with van der Waals surface area (Å²) in [6.07, 6.45) is 15.8. The topological polar surface area (TPSA) is 237 Å². The van der Waals surface area contributed by atoms with Crippen LogP contribution in [0.3, 0.4) is 0 Å². The van der Waals surface area contributed by atoms with Gasteiger partial charge in [-0.2, -0.15) is 161 Å². The summed E-state index contributed by atoms with van der Waals surface area (Å²) in [5.41, 5.74) is 20.0. The zero-order chi connectivity index (χ0) is 98.1. The van der Waals surface area contributed by atoms with E-state index in [1.807, 2.05) is 139 Å². The zero-order valence-corrected chi connectivity index (χ0v) is 94.4. The number of aromatic nitrogens is 20. The molecule has 0 saturated carbocycles. The van der Waals surface area contributed by atoms with E-state index in [2.05, 4.69) is 346 Å². The Morgan fingerprint density at radius 2 is 0.514 bits per heavy atom. The summed E-state index contributed by atoms with van der Waals surface area (Å²) in [5.74, 6) is 2.98. The Morgan fingerprint density at radius 1 is 0.254 bits per heavy atom. The Hall–Kier alpha value is -11.8. The molecule has 738 valence electrons. The van der Waals surface area contributed by atoms with Crippen molar-refractivity contribution in [1.29, 1.82) is 0 Å². The smallest absolute Gasteiger partial charge is 0.662 e. The number of benzene rings is 8. The third kappa shape index (κ3) is 17.7. The molecule has 22 nitrogen and oxygen atoms in total. The van der Waals surface area contributed by atoms with Crippen molar-refractivity contribution in [1.82, 2.24) is 97.7 Å². The van der Waals surface area contributed by atoms with Crippen molar-refractivity contribution in [2.45, 2.75) is 232 Å². The van der Waals surface area contributed by atoms with Crippen LogP contribution in [0.15, 0.2) is 256 Å². The maximum atomic E-state index is 11.6. The molecule has 142 heavy (non-hydrogen) atoms. The second kappa shape index (κ2) is 37.4. The first-order chi connectivity index (χ1) is 65.0. The van der Waals surface area contributed by atoms with Crippen molar-refractivity contribution in [3.63, 3.8) is 0 Å². The summed E-state index contributed by atoms with van der Waals surface area (Å²) < 4.78 is 15.9. The molecule has 0 spiro atoms. The molecule has 0 saturated heterocycles. The fraction of sp³-hybridized carbons (Fsp3) is 0.328. The molecule has 26 heteroatoms. The Bertz CT molecular complexity index is 6880. The summed E-state index contributed by atoms with van der Waals surface area (Å²) in [6, 6.07) is 84.8. The average molecular weight is 2610 g/mol. The van der Waals surface area contributed by atoms with Gasteiger partial charge < -0.3 is 29.3 Å². The van der Waals surface area contributed by atoms with Crippen molar-refractivity contribution < 1.29 is 94.5 Å². The minimum absolute atomic E-state index is 0. The molecule has 4 aliphatic rings. The maximum absolute atomic E-state index is 11.6. The van der Waals surface area contributed by atoms with Gasteiger partial charge in [0, 0.05) is 94.6 Å². The van der Waals surface area contributed by atoms with E-state index in [-0.39, 0.29) is 145 Å². The number of para-hydroxylation sites is 2. The van der Waals surface area contributed by atoms with Gasteiger partial charge in [0.25, 0.3) is 0 Å². The SMILES string of the molecule is CC1(C)c2[c-]c(ccc2)C(C)(C)n2ccc(n2)C(C)(C)c2ccn(n2)C(C)(C)c2[c-]c1ccc2.CC1(C)c2[c-]c(ccc2)C(C)(C)n2cnc(n2)C(C)(C)c2ncn(n2)C(C)(C)c2[c-]c1ccc2.CC1(C)c2ccn(n2)C(C)(C)c2ccc([n-]2)C(C)(C)c2ccc([n-]2)C(C)(C)n2ccc1n2.Cn1cc2nc1-c1cccc(c1O)-c1ccccc1-c1cccc(c1O)-c1nc(cn1C)-c1ccccc1-2.[Pt+2].[Pt+2].[Pt+2].[Pt]. The number of phenolic OH excluding ortho intramolecular Hbond substituents is 2. The first-order valence-corrected chi connectivity index (χ1v) is 47.5. The third-order valence-electron chi connectivity index (χ3n) is 30.1. The number of aryl methyl sites for hydroxylation is 2. The fourth-order valence-corrected chi connectivity index (χ4v) is 19.3. The molecule has 0 radical (unpaired) electrons. The van der Waals surface area contributed by atoms with Gasteiger partial charge in [-0.3, -0.25) is 18.7 Å². The molecule has 14 heterocycles. The molecule has 0 fully saturated rings. The normalized spacial score (nSPS) is 17.0. The second-order valence-corrected chi connectivity index (χ2v) is 43.7. The minimum Gasteiger partial charge on any atom is -0.662 e. The second-order valence-electron chi connectivity index (χ2n) is 43.7. The number of phenols is 2. The number of nitrogens with zero attached hydrogens (tertiary/aromatic N) is 20. The van der Waals surface area contributed by atoms with Gasteiger partial charge in [-0.1, -0.05) is 139 Å². The van der Waals surface area contributed by atoms with Gasteiger partial charge in [-0.05, 0) is 188 Å². The number of aromatic hydroxyl groups is 2. The van der Waals surface area contributed by atoms with Crippen molar-refractivity contribution >= 4 is 0 Å². The molecule has 22 rings (SSSR count). The summed E-state index contributed by atoms with van der Waals surface area (Å²) in [4.78, 5) is 29.5. The molecule has 18 aromatic rings. The van der Waals surface area contributed by atoms with Gasteiger partial charge in [0.2, 0.25) is 0 Å². The molecule has 32 bridgehead atoms. The molecule has 10 aromatic heterocycles. The van der Waals surface area contributed by atoms with Crippen LogP contribution in [0.2, 0.25) is 0 Å². The largest absolute Gasteiger partial charge is 2.00 e. The van der Waals surface area contributed by atoms with E-state index in [0.717, 1.165) is 124 Å². The van der Waals surface area contributed by atoms with Gasteiger partial charge in [0.1, 0.15) is 35.8 Å². The quantitative estimate of drug-likeness (QED) is 0.134. The van der Waals surface area contributed by atoms with E-state index >= 15 is 0 Å². The Morgan fingerprint density at radius 3 is 0.831 bits per heavy atom. The van der Waals surface area contributed by atoms with Crippen LogP contribution in [0.1, 0.15) is 268 Å². The number of fused-ring (bicyclic) bond motifs is 40. The monoisotopic (exact) mass is 2610 g/mol. The van der Waals surface area contributed by atoms with Crippen LogP contribution in [0.4, 0.5) is 0 Å². The molecule has 8 aromatic carbocycles. The van der Waals surface area contributed by atoms with Crippen LogP contribution in [-0.2, 0) is 164 Å². The Kier molecular flexibility index (Phi) is 27.6. The van der Waals surface area contributed by atoms with Crippen LogP contribution in [-0.4, -0.2) is 98.0 Å². The standard InChI is InChI=1S/C32H24N4O2.C30H34N4.C28H32N6.C26H32N6.4Pt/c1-35-17-27-21-11-5-6-12-22(21)28-18-36(2)32(34-28)26-16-8-14-24(30(26)38)20-10-4-3-9-19(20)23-13-7-15-25(29(23)37)31(35)33-27;1-27(2)21-11-9-13-23(19-21)29(5,6)33-17-15-25(31-33)28(3,4)26-16-18-34(32-26)30(7,8)24-14-10-12-22(27)20-24;1-25(2)19-11-9-13-21(15-19)27(5,6)33-17-29-23(31-33)26(3,4)24-30-18-34(32-24)28(7,8)22-14-10-12-20(25)16-22;1-23(2)17-9-11-21(27-17)25(5,6)31-15-13-19(29-31)24(3,4)20-14-16-32(30-20)26(7,8)22-12-10-18(23)28-22;;;;/h3-18,37-38H,1-2H3;9-18H,1-8H3;9-14,17-18H,1-8H3;9-16H,1-8H3;;;;/q;3*-2;;3*+2. The fourth-order valence-electron chi connectivity index (χ4n) is 19.3. The van der Waals surface area contributed by atoms with E-state index < -0.39 is 16.5 Å². The zero-order valence-electron chi connectivity index (χ0n) is 85.4.